The molecule has 0 aromatic rings. The van der Waals surface area contributed by atoms with E-state index in [0.29, 0.717) is 17.2 Å². The number of allylic oxidation sites excluding steroid dienone is 3. The standard InChI is InChI=1S/C15H26N2O/c1-7-9-17(6)15(13(5)8-2)14(11-18)10-16-12(3)4/h10-11,13H,3,7-9H2,1-2,4-6H3/b15-14-,16-10-. The first-order valence-electron chi connectivity index (χ1n) is 6.57. The monoisotopic (exact) mass is 250 g/mol. The van der Waals surface area contributed by atoms with Crippen LogP contribution in [0, 0.1) is 5.92 Å². The lowest BCUT2D eigenvalue weighted by Gasteiger charge is -2.27. The molecule has 1 unspecified atom stereocenters. The van der Waals surface area contributed by atoms with Crippen LogP contribution in [0.25, 0.3) is 0 Å². The highest BCUT2D eigenvalue weighted by atomic mass is 16.1. The van der Waals surface area contributed by atoms with E-state index in [1.54, 1.807) is 6.21 Å². The van der Waals surface area contributed by atoms with Crippen LogP contribution in [-0.2, 0) is 4.79 Å². The van der Waals surface area contributed by atoms with E-state index in [-0.39, 0.29) is 0 Å². The normalized spacial score (nSPS) is 14.3. The van der Waals surface area contributed by atoms with Crippen molar-refractivity contribution in [3.05, 3.63) is 23.5 Å². The van der Waals surface area contributed by atoms with Crippen molar-refractivity contribution in [3.63, 3.8) is 0 Å². The Morgan fingerprint density at radius 1 is 1.44 bits per heavy atom. The topological polar surface area (TPSA) is 32.7 Å². The summed E-state index contributed by atoms with van der Waals surface area (Å²) in [7, 11) is 2.03. The largest absolute Gasteiger partial charge is 0.377 e. The molecule has 0 N–H and O–H groups in total. The van der Waals surface area contributed by atoms with E-state index in [1.165, 1.54) is 0 Å². The molecule has 1 atom stereocenters. The van der Waals surface area contributed by atoms with Gasteiger partial charge in [-0.3, -0.25) is 9.79 Å². The Kier molecular flexibility index (Phi) is 8.01. The van der Waals surface area contributed by atoms with Crippen LogP contribution < -0.4 is 0 Å². The van der Waals surface area contributed by atoms with E-state index in [4.69, 9.17) is 0 Å². The lowest BCUT2D eigenvalue weighted by atomic mass is 9.99. The Bertz CT molecular complexity index is 342. The lowest BCUT2D eigenvalue weighted by Crippen LogP contribution is -2.25. The number of nitrogens with zero attached hydrogens (tertiary/aromatic N) is 2. The van der Waals surface area contributed by atoms with Crippen LogP contribution >= 0.6 is 0 Å². The van der Waals surface area contributed by atoms with Gasteiger partial charge >= 0.3 is 0 Å². The van der Waals surface area contributed by atoms with Gasteiger partial charge in [0.25, 0.3) is 0 Å². The quantitative estimate of drug-likeness (QED) is 0.375. The third-order valence-corrected chi connectivity index (χ3v) is 2.90. The molecule has 0 amide bonds. The molecule has 3 heteroatoms. The average molecular weight is 250 g/mol. The molecule has 0 saturated heterocycles. The molecule has 0 aromatic heterocycles. The third-order valence-electron chi connectivity index (χ3n) is 2.90. The third kappa shape index (κ3) is 5.30. The molecule has 0 bridgehead atoms. The number of aliphatic imine (C=N–C) groups is 1. The average Bonchev–Trinajstić information content (AvgIpc) is 2.33. The Balaban J connectivity index is 5.43. The number of aldehydes is 1. The maximum absolute atomic E-state index is 11.3. The van der Waals surface area contributed by atoms with Crippen molar-refractivity contribution in [2.75, 3.05) is 13.6 Å². The van der Waals surface area contributed by atoms with Crippen molar-refractivity contribution < 1.29 is 4.79 Å². The summed E-state index contributed by atoms with van der Waals surface area (Å²) in [6.07, 6.45) is 4.57. The van der Waals surface area contributed by atoms with Gasteiger partial charge in [-0.05, 0) is 25.7 Å². The Morgan fingerprint density at radius 3 is 2.44 bits per heavy atom. The Labute approximate surface area is 111 Å². The number of carbonyl (C=O) groups excluding carboxylic acids is 1. The van der Waals surface area contributed by atoms with E-state index in [0.717, 1.165) is 31.4 Å². The highest BCUT2D eigenvalue weighted by Gasteiger charge is 2.15. The Hall–Kier alpha value is -1.38. The fourth-order valence-corrected chi connectivity index (χ4v) is 1.87. The van der Waals surface area contributed by atoms with Crippen LogP contribution in [0.4, 0.5) is 0 Å². The SMILES string of the molecule is C=C(C)/N=C\C(C=O)=C(/C(C)CC)N(C)CCC. The van der Waals surface area contributed by atoms with E-state index in [1.807, 2.05) is 14.0 Å². The second-order valence-corrected chi connectivity index (χ2v) is 4.68. The molecule has 0 radical (unpaired) electrons. The molecule has 0 aliphatic heterocycles. The molecule has 18 heavy (non-hydrogen) atoms. The maximum Gasteiger partial charge on any atom is 0.153 e. The molecule has 0 rings (SSSR count). The van der Waals surface area contributed by atoms with Gasteiger partial charge in [0.05, 0.1) is 5.57 Å². The van der Waals surface area contributed by atoms with Gasteiger partial charge < -0.3 is 4.90 Å². The number of rotatable bonds is 8. The summed E-state index contributed by atoms with van der Waals surface area (Å²) < 4.78 is 0. The van der Waals surface area contributed by atoms with E-state index in [9.17, 15) is 4.79 Å². The van der Waals surface area contributed by atoms with Crippen LogP contribution in [0.3, 0.4) is 0 Å². The summed E-state index contributed by atoms with van der Waals surface area (Å²) in [6, 6.07) is 0. The molecule has 0 aliphatic carbocycles. The fraction of sp³-hybridized carbons (Fsp3) is 0.600. The van der Waals surface area contributed by atoms with E-state index < -0.39 is 0 Å². The summed E-state index contributed by atoms with van der Waals surface area (Å²) in [6.45, 7) is 12.9. The first kappa shape index (κ1) is 16.6. The van der Waals surface area contributed by atoms with Gasteiger partial charge in [0.1, 0.15) is 0 Å². The first-order valence-corrected chi connectivity index (χ1v) is 6.57. The minimum atomic E-state index is 0.346. The summed E-state index contributed by atoms with van der Waals surface area (Å²) >= 11 is 0. The van der Waals surface area contributed by atoms with Crippen LogP contribution in [-0.4, -0.2) is 31.0 Å². The summed E-state index contributed by atoms with van der Waals surface area (Å²) in [5.41, 5.74) is 2.43. The van der Waals surface area contributed by atoms with Crippen LogP contribution in [0.1, 0.15) is 40.5 Å². The molecular formula is C15H26N2O. The molecule has 3 nitrogen and oxygen atoms in total. The van der Waals surface area contributed by atoms with E-state index in [2.05, 4.69) is 37.2 Å². The van der Waals surface area contributed by atoms with Crippen molar-refractivity contribution >= 4 is 12.5 Å². The minimum absolute atomic E-state index is 0.346. The van der Waals surface area contributed by atoms with Gasteiger partial charge in [0, 0.05) is 31.2 Å². The number of carbonyl (C=O) groups is 1. The summed E-state index contributed by atoms with van der Waals surface area (Å²) in [5.74, 6) is 0.346. The van der Waals surface area contributed by atoms with Gasteiger partial charge in [-0.15, -0.1) is 0 Å². The van der Waals surface area contributed by atoms with Gasteiger partial charge in [-0.25, -0.2) is 0 Å². The summed E-state index contributed by atoms with van der Waals surface area (Å²) in [5, 5.41) is 0. The van der Waals surface area contributed by atoms with Crippen LogP contribution in [0.15, 0.2) is 28.5 Å². The molecule has 0 saturated carbocycles. The van der Waals surface area contributed by atoms with Gasteiger partial charge in [-0.1, -0.05) is 27.4 Å². The van der Waals surface area contributed by atoms with Crippen molar-refractivity contribution in [1.29, 1.82) is 0 Å². The molecule has 0 aromatic carbocycles. The predicted molar refractivity (Wildman–Crippen MR) is 78.8 cm³/mol. The van der Waals surface area contributed by atoms with Crippen molar-refractivity contribution in [2.45, 2.75) is 40.5 Å². The molecule has 0 spiro atoms. The summed E-state index contributed by atoms with van der Waals surface area (Å²) in [4.78, 5) is 17.6. The van der Waals surface area contributed by atoms with Crippen molar-refractivity contribution in [2.24, 2.45) is 10.9 Å². The van der Waals surface area contributed by atoms with Gasteiger partial charge in [0.15, 0.2) is 6.29 Å². The van der Waals surface area contributed by atoms with E-state index >= 15 is 0 Å². The second-order valence-electron chi connectivity index (χ2n) is 4.68. The van der Waals surface area contributed by atoms with Crippen LogP contribution in [0.2, 0.25) is 0 Å². The zero-order valence-electron chi connectivity index (χ0n) is 12.4. The molecule has 0 fully saturated rings. The Morgan fingerprint density at radius 2 is 2.06 bits per heavy atom. The minimum Gasteiger partial charge on any atom is -0.377 e. The van der Waals surface area contributed by atoms with Gasteiger partial charge in [0.2, 0.25) is 0 Å². The number of hydrogen-bond donors (Lipinski definition) is 0. The lowest BCUT2D eigenvalue weighted by molar-refractivity contribution is -0.104. The maximum atomic E-state index is 11.3. The highest BCUT2D eigenvalue weighted by molar-refractivity contribution is 6.02. The fourth-order valence-electron chi connectivity index (χ4n) is 1.87. The van der Waals surface area contributed by atoms with Gasteiger partial charge in [-0.2, -0.15) is 0 Å². The zero-order valence-corrected chi connectivity index (χ0v) is 12.4. The molecule has 0 heterocycles. The smallest absolute Gasteiger partial charge is 0.153 e. The van der Waals surface area contributed by atoms with Crippen molar-refractivity contribution in [1.82, 2.24) is 4.90 Å². The first-order chi connectivity index (χ1) is 8.47. The predicted octanol–water partition coefficient (Wildman–Crippen LogP) is 3.43. The number of hydrogen-bond acceptors (Lipinski definition) is 3. The van der Waals surface area contributed by atoms with Crippen LogP contribution in [0.5, 0.6) is 0 Å². The zero-order chi connectivity index (χ0) is 14.1. The molecule has 0 aliphatic rings. The molecular weight excluding hydrogens is 224 g/mol. The second kappa shape index (κ2) is 8.67. The highest BCUT2D eigenvalue weighted by Crippen LogP contribution is 2.20. The van der Waals surface area contributed by atoms with Crippen molar-refractivity contribution in [3.8, 4) is 0 Å². The molecule has 102 valence electrons.